The fourth-order valence-corrected chi connectivity index (χ4v) is 5.63. The van der Waals surface area contributed by atoms with Crippen LogP contribution in [0.1, 0.15) is 5.56 Å². The number of benzene rings is 3. The first-order chi connectivity index (χ1) is 15.0. The predicted octanol–water partition coefficient (Wildman–Crippen LogP) is 6.14. The highest BCUT2D eigenvalue weighted by Crippen LogP contribution is 2.34. The summed E-state index contributed by atoms with van der Waals surface area (Å²) >= 11 is 12.0. The van der Waals surface area contributed by atoms with E-state index in [4.69, 9.17) is 27.6 Å². The Bertz CT molecular complexity index is 1460. The van der Waals surface area contributed by atoms with Crippen LogP contribution in [0.2, 0.25) is 10.0 Å². The first kappa shape index (κ1) is 22.6. The maximum atomic E-state index is 15.2. The van der Waals surface area contributed by atoms with Crippen LogP contribution in [0.5, 0.6) is 0 Å². The standard InChI is InChI=1S/C21H17Cl2FN2O4S2/c1-13-6-8-16(12-17(13)23)31(24,27)25-18-9-7-15(22)11-19(18)26-32(28,29)21-10-14-4-2-3-5-20(14)30-21/h2-12,26,31H,1H3,(H,25,27). The van der Waals surface area contributed by atoms with E-state index in [1.165, 1.54) is 36.4 Å². The van der Waals surface area contributed by atoms with Crippen LogP contribution in [-0.4, -0.2) is 12.6 Å². The number of rotatable bonds is 6. The molecule has 2 N–H and O–H groups in total. The molecule has 4 aromatic rings. The summed E-state index contributed by atoms with van der Waals surface area (Å²) in [7, 11) is -8.85. The Morgan fingerprint density at radius 3 is 2.44 bits per heavy atom. The number of nitrogens with one attached hydrogen (secondary N) is 2. The van der Waals surface area contributed by atoms with Crippen molar-refractivity contribution in [1.82, 2.24) is 0 Å². The Morgan fingerprint density at radius 2 is 1.72 bits per heavy atom. The van der Waals surface area contributed by atoms with Gasteiger partial charge in [0.1, 0.15) is 16.1 Å². The first-order valence-electron chi connectivity index (χ1n) is 9.21. The summed E-state index contributed by atoms with van der Waals surface area (Å²) in [6.45, 7) is 1.73. The molecule has 0 radical (unpaired) electrons. The van der Waals surface area contributed by atoms with Crippen molar-refractivity contribution < 1.29 is 20.9 Å². The molecule has 0 amide bonds. The minimum atomic E-state index is -4.65. The van der Waals surface area contributed by atoms with Crippen molar-refractivity contribution >= 4 is 66.1 Å². The van der Waals surface area contributed by atoms with Crippen LogP contribution in [0, 0.1) is 6.92 Å². The molecule has 0 saturated carbocycles. The summed E-state index contributed by atoms with van der Waals surface area (Å²) in [5.74, 6) is 0. The highest BCUT2D eigenvalue weighted by Gasteiger charge is 2.24. The molecule has 32 heavy (non-hydrogen) atoms. The Morgan fingerprint density at radius 1 is 0.969 bits per heavy atom. The monoisotopic (exact) mass is 514 g/mol. The number of thiol groups is 1. The zero-order valence-electron chi connectivity index (χ0n) is 16.5. The average molecular weight is 515 g/mol. The molecule has 1 aromatic heterocycles. The van der Waals surface area contributed by atoms with Crippen LogP contribution >= 0.6 is 23.2 Å². The summed E-state index contributed by atoms with van der Waals surface area (Å²) in [6.07, 6.45) is 0. The van der Waals surface area contributed by atoms with Crippen LogP contribution in [0.4, 0.5) is 15.3 Å². The van der Waals surface area contributed by atoms with E-state index in [1.54, 1.807) is 37.3 Å². The highest BCUT2D eigenvalue weighted by molar-refractivity contribution is 7.99. The van der Waals surface area contributed by atoms with Crippen LogP contribution in [-0.2, 0) is 20.5 Å². The van der Waals surface area contributed by atoms with Gasteiger partial charge in [0.2, 0.25) is 5.09 Å². The normalized spacial score (nSPS) is 12.6. The van der Waals surface area contributed by atoms with E-state index in [-0.39, 0.29) is 31.4 Å². The van der Waals surface area contributed by atoms with Crippen LogP contribution in [0.25, 0.3) is 11.0 Å². The molecule has 1 heterocycles. The van der Waals surface area contributed by atoms with Gasteiger partial charge in [-0.15, -0.1) is 3.89 Å². The summed E-state index contributed by atoms with van der Waals surface area (Å²) < 4.78 is 63.8. The number of aryl methyl sites for hydroxylation is 1. The summed E-state index contributed by atoms with van der Waals surface area (Å²) in [5.41, 5.74) is 0.911. The van der Waals surface area contributed by atoms with Crippen molar-refractivity contribution in [2.24, 2.45) is 0 Å². The number of furan rings is 1. The quantitative estimate of drug-likeness (QED) is 0.213. The molecule has 168 valence electrons. The molecule has 0 atom stereocenters. The lowest BCUT2D eigenvalue weighted by atomic mass is 10.2. The van der Waals surface area contributed by atoms with Gasteiger partial charge in [0.25, 0.3) is 10.0 Å². The van der Waals surface area contributed by atoms with E-state index in [0.29, 0.717) is 16.5 Å². The Labute approximate surface area is 195 Å². The molecule has 0 aliphatic carbocycles. The van der Waals surface area contributed by atoms with E-state index < -0.39 is 20.5 Å². The maximum Gasteiger partial charge on any atom is 0.295 e. The van der Waals surface area contributed by atoms with Gasteiger partial charge in [-0.2, -0.15) is 8.42 Å². The van der Waals surface area contributed by atoms with Crippen molar-refractivity contribution in [3.63, 3.8) is 0 Å². The van der Waals surface area contributed by atoms with Crippen molar-refractivity contribution in [2.45, 2.75) is 16.9 Å². The van der Waals surface area contributed by atoms with Gasteiger partial charge in [-0.3, -0.25) is 9.44 Å². The van der Waals surface area contributed by atoms with Crippen molar-refractivity contribution in [2.75, 3.05) is 9.44 Å². The van der Waals surface area contributed by atoms with Crippen molar-refractivity contribution in [3.05, 3.63) is 82.3 Å². The number of fused-ring (bicyclic) bond motifs is 1. The summed E-state index contributed by atoms with van der Waals surface area (Å²) in [4.78, 5) is -0.158. The van der Waals surface area contributed by atoms with Crippen LogP contribution in [0.15, 0.2) is 81.1 Å². The lowest BCUT2D eigenvalue weighted by Gasteiger charge is -2.21. The third-order valence-electron chi connectivity index (χ3n) is 4.65. The first-order valence-corrected chi connectivity index (χ1v) is 13.0. The SMILES string of the molecule is Cc1ccc([SH](=O)(F)Nc2ccc(Cl)cc2NS(=O)(=O)c2cc3ccccc3o2)cc1Cl. The number of hydrogen-bond acceptors (Lipinski definition) is 4. The van der Waals surface area contributed by atoms with E-state index >= 15 is 3.89 Å². The molecule has 0 aliphatic heterocycles. The minimum absolute atomic E-state index is 0.0726. The average Bonchev–Trinajstić information content (AvgIpc) is 3.17. The Kier molecular flexibility index (Phi) is 5.93. The van der Waals surface area contributed by atoms with Crippen LogP contribution in [0.3, 0.4) is 0 Å². The van der Waals surface area contributed by atoms with Gasteiger partial charge in [0, 0.05) is 21.5 Å². The molecule has 6 nitrogen and oxygen atoms in total. The topological polar surface area (TPSA) is 88.4 Å². The van der Waals surface area contributed by atoms with E-state index in [0.717, 1.165) is 0 Å². The maximum absolute atomic E-state index is 15.2. The second-order valence-corrected chi connectivity index (χ2v) is 11.2. The van der Waals surface area contributed by atoms with E-state index in [1.807, 2.05) is 0 Å². The molecular formula is C21H17Cl2FN2O4S2. The smallest absolute Gasteiger partial charge is 0.295 e. The number of para-hydroxylation sites is 1. The molecule has 11 heteroatoms. The largest absolute Gasteiger partial charge is 0.443 e. The second kappa shape index (κ2) is 8.40. The molecular weight excluding hydrogens is 498 g/mol. The number of halogens is 3. The van der Waals surface area contributed by atoms with Crippen molar-refractivity contribution in [1.29, 1.82) is 0 Å². The Balaban J connectivity index is 1.69. The van der Waals surface area contributed by atoms with Crippen LogP contribution < -0.4 is 9.44 Å². The fraction of sp³-hybridized carbons (Fsp3) is 0.0476. The molecule has 0 saturated heterocycles. The molecule has 3 aromatic carbocycles. The van der Waals surface area contributed by atoms with Gasteiger partial charge in [-0.25, -0.2) is 4.21 Å². The molecule has 0 unspecified atom stereocenters. The van der Waals surface area contributed by atoms with Gasteiger partial charge in [-0.1, -0.05) is 47.5 Å². The zero-order chi connectivity index (χ0) is 23.1. The molecule has 0 fully saturated rings. The highest BCUT2D eigenvalue weighted by atomic mass is 35.5. The number of hydrogen-bond donors (Lipinski definition) is 3. The Hall–Kier alpha value is -2.59. The molecule has 0 spiro atoms. The number of sulfonamides is 1. The molecule has 0 aliphatic rings. The molecule has 0 bridgehead atoms. The predicted molar refractivity (Wildman–Crippen MR) is 127 cm³/mol. The fourth-order valence-electron chi connectivity index (χ4n) is 2.96. The summed E-state index contributed by atoms with van der Waals surface area (Å²) in [6, 6.07) is 16.3. The molecule has 4 rings (SSSR count). The second-order valence-electron chi connectivity index (χ2n) is 6.98. The lowest BCUT2D eigenvalue weighted by molar-refractivity contribution is 0.484. The summed E-state index contributed by atoms with van der Waals surface area (Å²) in [5, 5.41) is 0.703. The van der Waals surface area contributed by atoms with Gasteiger partial charge in [0.15, 0.2) is 0 Å². The van der Waals surface area contributed by atoms with Gasteiger partial charge < -0.3 is 4.42 Å². The van der Waals surface area contributed by atoms with Gasteiger partial charge >= 0.3 is 0 Å². The number of anilines is 2. The third-order valence-corrected chi connectivity index (χ3v) is 7.98. The van der Waals surface area contributed by atoms with Crippen molar-refractivity contribution in [3.8, 4) is 0 Å². The zero-order valence-corrected chi connectivity index (χ0v) is 19.7. The van der Waals surface area contributed by atoms with Gasteiger partial charge in [0.05, 0.1) is 16.3 Å². The minimum Gasteiger partial charge on any atom is -0.443 e. The van der Waals surface area contributed by atoms with Gasteiger partial charge in [-0.05, 0) is 48.9 Å². The lowest BCUT2D eigenvalue weighted by Crippen LogP contribution is -2.19. The van der Waals surface area contributed by atoms with E-state index in [9.17, 15) is 12.6 Å². The third kappa shape index (κ3) is 4.61. The van der Waals surface area contributed by atoms with E-state index in [2.05, 4.69) is 9.44 Å².